The number of carbonyl (C=O) groups is 1. The first-order valence-corrected chi connectivity index (χ1v) is 7.83. The highest BCUT2D eigenvalue weighted by Gasteiger charge is 2.19. The van der Waals surface area contributed by atoms with E-state index in [1.54, 1.807) is 0 Å². The van der Waals surface area contributed by atoms with E-state index < -0.39 is 12.1 Å². The maximum Gasteiger partial charge on any atom is 0.241 e. The van der Waals surface area contributed by atoms with E-state index in [-0.39, 0.29) is 11.9 Å². The fourth-order valence-corrected chi connectivity index (χ4v) is 2.46. The van der Waals surface area contributed by atoms with E-state index in [0.717, 1.165) is 16.7 Å². The van der Waals surface area contributed by atoms with Gasteiger partial charge in [-0.15, -0.1) is 0 Å². The Morgan fingerprint density at radius 1 is 1.09 bits per heavy atom. The lowest BCUT2D eigenvalue weighted by atomic mass is 10.0. The Kier molecular flexibility index (Phi) is 5.90. The summed E-state index contributed by atoms with van der Waals surface area (Å²) in [5.41, 5.74) is 8.76. The summed E-state index contributed by atoms with van der Waals surface area (Å²) < 4.78 is 0. The number of rotatable bonds is 6. The number of aliphatic hydroxyl groups excluding tert-OH is 1. The molecule has 1 amide bonds. The summed E-state index contributed by atoms with van der Waals surface area (Å²) >= 11 is 0. The number of nitrogens with one attached hydrogen (secondary N) is 1. The summed E-state index contributed by atoms with van der Waals surface area (Å²) in [7, 11) is 0. The van der Waals surface area contributed by atoms with Crippen LogP contribution in [-0.2, 0) is 4.79 Å². The van der Waals surface area contributed by atoms with Gasteiger partial charge in [0.15, 0.2) is 0 Å². The van der Waals surface area contributed by atoms with Crippen molar-refractivity contribution in [2.75, 3.05) is 0 Å². The quantitative estimate of drug-likeness (QED) is 0.767. The van der Waals surface area contributed by atoms with Crippen molar-refractivity contribution in [3.8, 4) is 0 Å². The summed E-state index contributed by atoms with van der Waals surface area (Å²) in [5, 5.41) is 13.1. The number of amides is 1. The molecule has 0 aromatic heterocycles. The van der Waals surface area contributed by atoms with Gasteiger partial charge in [-0.25, -0.2) is 0 Å². The number of carbonyl (C=O) groups excluding carboxylic acids is 1. The molecule has 0 aliphatic carbocycles. The Morgan fingerprint density at radius 3 is 2.30 bits per heavy atom. The second kappa shape index (κ2) is 7.90. The second-order valence-corrected chi connectivity index (χ2v) is 5.96. The molecule has 4 heteroatoms. The minimum Gasteiger partial charge on any atom is -0.388 e. The van der Waals surface area contributed by atoms with Crippen LogP contribution in [0.5, 0.6) is 0 Å². The third kappa shape index (κ3) is 4.91. The van der Waals surface area contributed by atoms with Gasteiger partial charge in [0.1, 0.15) is 6.04 Å². The highest BCUT2D eigenvalue weighted by molar-refractivity contribution is 5.83. The van der Waals surface area contributed by atoms with Gasteiger partial charge in [0.05, 0.1) is 6.10 Å². The van der Waals surface area contributed by atoms with E-state index >= 15 is 0 Å². The topological polar surface area (TPSA) is 75.4 Å². The van der Waals surface area contributed by atoms with E-state index in [9.17, 15) is 9.90 Å². The number of benzene rings is 2. The molecule has 0 heterocycles. The first kappa shape index (κ1) is 17.2. The van der Waals surface area contributed by atoms with Crippen LogP contribution in [0.25, 0.3) is 0 Å². The molecule has 0 aliphatic heterocycles. The van der Waals surface area contributed by atoms with Gasteiger partial charge in [-0.2, -0.15) is 0 Å². The number of hydrogen-bond acceptors (Lipinski definition) is 3. The van der Waals surface area contributed by atoms with Gasteiger partial charge in [-0.3, -0.25) is 4.79 Å². The van der Waals surface area contributed by atoms with Crippen molar-refractivity contribution in [3.05, 3.63) is 71.3 Å². The molecule has 2 rings (SSSR count). The molecule has 0 spiro atoms. The van der Waals surface area contributed by atoms with Crippen molar-refractivity contribution in [2.24, 2.45) is 5.73 Å². The molecule has 4 N–H and O–H groups in total. The van der Waals surface area contributed by atoms with Gasteiger partial charge >= 0.3 is 0 Å². The lowest BCUT2D eigenvalue weighted by Gasteiger charge is -2.20. The lowest BCUT2D eigenvalue weighted by molar-refractivity contribution is -0.123. The standard InChI is InChI=1S/C19H24N2O2/c1-13-8-10-16(11-9-13)18(20)19(23)21-14(2)12-17(22)15-6-4-3-5-7-15/h3-11,14,17-18,22H,12,20H2,1-2H3,(H,21,23). The summed E-state index contributed by atoms with van der Waals surface area (Å²) in [6.45, 7) is 3.86. The molecule has 0 saturated carbocycles. The van der Waals surface area contributed by atoms with Gasteiger partial charge in [0, 0.05) is 6.04 Å². The van der Waals surface area contributed by atoms with Crippen molar-refractivity contribution in [1.29, 1.82) is 0 Å². The Bertz CT molecular complexity index is 626. The van der Waals surface area contributed by atoms with Gasteiger partial charge in [-0.1, -0.05) is 60.2 Å². The smallest absolute Gasteiger partial charge is 0.241 e. The highest BCUT2D eigenvalue weighted by atomic mass is 16.3. The van der Waals surface area contributed by atoms with Crippen molar-refractivity contribution >= 4 is 5.91 Å². The van der Waals surface area contributed by atoms with Crippen LogP contribution in [-0.4, -0.2) is 17.1 Å². The molecule has 0 saturated heterocycles. The summed E-state index contributed by atoms with van der Waals surface area (Å²) in [4.78, 5) is 12.2. The fraction of sp³-hybridized carbons (Fsp3) is 0.316. The van der Waals surface area contributed by atoms with E-state index in [1.807, 2.05) is 68.4 Å². The predicted octanol–water partition coefficient (Wildman–Crippen LogP) is 2.62. The number of aliphatic hydroxyl groups is 1. The van der Waals surface area contributed by atoms with Crippen molar-refractivity contribution in [3.63, 3.8) is 0 Å². The molecule has 0 radical (unpaired) electrons. The molecule has 0 fully saturated rings. The summed E-state index contributed by atoms with van der Waals surface area (Å²) in [6, 6.07) is 16.1. The highest BCUT2D eigenvalue weighted by Crippen LogP contribution is 2.18. The summed E-state index contributed by atoms with van der Waals surface area (Å²) in [6.07, 6.45) is -0.168. The SMILES string of the molecule is Cc1ccc(C(N)C(=O)NC(C)CC(O)c2ccccc2)cc1. The zero-order valence-electron chi connectivity index (χ0n) is 13.6. The maximum atomic E-state index is 12.2. The molecule has 2 aromatic carbocycles. The Balaban J connectivity index is 1.90. The second-order valence-electron chi connectivity index (χ2n) is 5.96. The molecule has 3 atom stereocenters. The minimum absolute atomic E-state index is 0.172. The summed E-state index contributed by atoms with van der Waals surface area (Å²) in [5.74, 6) is -0.235. The van der Waals surface area contributed by atoms with Gasteiger partial charge < -0.3 is 16.2 Å². The largest absolute Gasteiger partial charge is 0.388 e. The average molecular weight is 312 g/mol. The molecule has 0 aliphatic rings. The lowest BCUT2D eigenvalue weighted by Crippen LogP contribution is -2.40. The van der Waals surface area contributed by atoms with E-state index in [2.05, 4.69) is 5.32 Å². The Morgan fingerprint density at radius 2 is 1.70 bits per heavy atom. The van der Waals surface area contributed by atoms with Crippen molar-refractivity contribution in [1.82, 2.24) is 5.32 Å². The molecule has 3 unspecified atom stereocenters. The zero-order chi connectivity index (χ0) is 16.8. The van der Waals surface area contributed by atoms with Crippen LogP contribution in [0, 0.1) is 6.92 Å². The van der Waals surface area contributed by atoms with Crippen LogP contribution in [0.3, 0.4) is 0 Å². The molecule has 122 valence electrons. The first-order valence-electron chi connectivity index (χ1n) is 7.83. The molecule has 2 aromatic rings. The number of hydrogen-bond donors (Lipinski definition) is 3. The predicted molar refractivity (Wildman–Crippen MR) is 91.7 cm³/mol. The van der Waals surface area contributed by atoms with Crippen LogP contribution in [0.2, 0.25) is 0 Å². The van der Waals surface area contributed by atoms with Gasteiger partial charge in [-0.05, 0) is 31.4 Å². The van der Waals surface area contributed by atoms with E-state index in [0.29, 0.717) is 6.42 Å². The third-order valence-electron chi connectivity index (χ3n) is 3.87. The van der Waals surface area contributed by atoms with Crippen molar-refractivity contribution < 1.29 is 9.90 Å². The van der Waals surface area contributed by atoms with Gasteiger partial charge in [0.25, 0.3) is 0 Å². The average Bonchev–Trinajstić information content (AvgIpc) is 2.55. The number of nitrogens with two attached hydrogens (primary N) is 1. The Labute approximate surface area is 137 Å². The minimum atomic E-state index is -0.702. The molecule has 0 bridgehead atoms. The third-order valence-corrected chi connectivity index (χ3v) is 3.87. The van der Waals surface area contributed by atoms with E-state index in [4.69, 9.17) is 5.73 Å². The number of aryl methyl sites for hydroxylation is 1. The molecular weight excluding hydrogens is 288 g/mol. The Hall–Kier alpha value is -2.17. The van der Waals surface area contributed by atoms with Crippen LogP contribution in [0.1, 0.15) is 42.2 Å². The monoisotopic (exact) mass is 312 g/mol. The van der Waals surface area contributed by atoms with Crippen LogP contribution in [0.15, 0.2) is 54.6 Å². The molecule has 23 heavy (non-hydrogen) atoms. The first-order chi connectivity index (χ1) is 11.0. The zero-order valence-corrected chi connectivity index (χ0v) is 13.6. The van der Waals surface area contributed by atoms with Crippen molar-refractivity contribution in [2.45, 2.75) is 38.5 Å². The van der Waals surface area contributed by atoms with Crippen LogP contribution in [0.4, 0.5) is 0 Å². The van der Waals surface area contributed by atoms with E-state index in [1.165, 1.54) is 0 Å². The molecule has 4 nitrogen and oxygen atoms in total. The normalized spacial score (nSPS) is 14.8. The fourth-order valence-electron chi connectivity index (χ4n) is 2.46. The van der Waals surface area contributed by atoms with Gasteiger partial charge in [0.2, 0.25) is 5.91 Å². The molecular formula is C19H24N2O2. The van der Waals surface area contributed by atoms with Crippen LogP contribution < -0.4 is 11.1 Å². The maximum absolute atomic E-state index is 12.2. The van der Waals surface area contributed by atoms with Crippen LogP contribution >= 0.6 is 0 Å².